The van der Waals surface area contributed by atoms with E-state index in [1.54, 1.807) is 23.7 Å². The Kier molecular flexibility index (Phi) is 4.07. The summed E-state index contributed by atoms with van der Waals surface area (Å²) in [6.07, 6.45) is 3.85. The van der Waals surface area contributed by atoms with E-state index >= 15 is 0 Å². The topological polar surface area (TPSA) is 37.4 Å². The fourth-order valence-electron chi connectivity index (χ4n) is 2.17. The minimum atomic E-state index is 0.143. The molecule has 1 heterocycles. The van der Waals surface area contributed by atoms with Crippen LogP contribution in [0.4, 0.5) is 5.69 Å². The van der Waals surface area contributed by atoms with Crippen LogP contribution in [0.1, 0.15) is 28.8 Å². The largest absolute Gasteiger partial charge is 0.315 e. The molecule has 0 saturated heterocycles. The summed E-state index contributed by atoms with van der Waals surface area (Å²) >= 11 is 1.68. The van der Waals surface area contributed by atoms with E-state index in [1.807, 2.05) is 24.5 Å². The van der Waals surface area contributed by atoms with Gasteiger partial charge in [-0.2, -0.15) is 11.8 Å². The molecule has 0 spiro atoms. The maximum atomic E-state index is 11.9. The van der Waals surface area contributed by atoms with Gasteiger partial charge in [0, 0.05) is 36.9 Å². The molecule has 2 rings (SSSR count). The minimum Gasteiger partial charge on any atom is -0.315 e. The SMILES string of the molecule is CSCCC(=O)c1ccc2c(c1)CCC(=O)N2C. The summed E-state index contributed by atoms with van der Waals surface area (Å²) in [5, 5.41) is 0. The number of carbonyl (C=O) groups is 2. The Morgan fingerprint density at radius 2 is 2.17 bits per heavy atom. The van der Waals surface area contributed by atoms with Gasteiger partial charge >= 0.3 is 0 Å². The van der Waals surface area contributed by atoms with Crippen LogP contribution in [0.5, 0.6) is 0 Å². The van der Waals surface area contributed by atoms with Crippen molar-refractivity contribution in [3.05, 3.63) is 29.3 Å². The number of ketones is 1. The number of aryl methyl sites for hydroxylation is 1. The Morgan fingerprint density at radius 1 is 1.39 bits per heavy atom. The number of hydrogen-bond acceptors (Lipinski definition) is 3. The molecule has 96 valence electrons. The van der Waals surface area contributed by atoms with Crippen LogP contribution < -0.4 is 4.90 Å². The Labute approximate surface area is 112 Å². The first-order valence-corrected chi connectivity index (χ1v) is 7.44. The van der Waals surface area contributed by atoms with E-state index in [9.17, 15) is 9.59 Å². The van der Waals surface area contributed by atoms with Crippen molar-refractivity contribution >= 4 is 29.1 Å². The number of benzene rings is 1. The Bertz CT molecular complexity index is 485. The lowest BCUT2D eigenvalue weighted by Crippen LogP contribution is -2.31. The molecular weight excluding hydrogens is 246 g/mol. The summed E-state index contributed by atoms with van der Waals surface area (Å²) < 4.78 is 0. The molecule has 1 amide bonds. The summed E-state index contributed by atoms with van der Waals surface area (Å²) in [4.78, 5) is 25.2. The van der Waals surface area contributed by atoms with Crippen molar-refractivity contribution in [3.63, 3.8) is 0 Å². The highest BCUT2D eigenvalue weighted by Crippen LogP contribution is 2.27. The van der Waals surface area contributed by atoms with Crippen molar-refractivity contribution in [2.45, 2.75) is 19.3 Å². The molecule has 0 bridgehead atoms. The van der Waals surface area contributed by atoms with E-state index in [2.05, 4.69) is 0 Å². The van der Waals surface area contributed by atoms with E-state index in [1.165, 1.54) is 0 Å². The van der Waals surface area contributed by atoms with Crippen LogP contribution in [0.15, 0.2) is 18.2 Å². The Morgan fingerprint density at radius 3 is 2.89 bits per heavy atom. The summed E-state index contributed by atoms with van der Waals surface area (Å²) in [6, 6.07) is 5.66. The Hall–Kier alpha value is -1.29. The fourth-order valence-corrected chi connectivity index (χ4v) is 2.56. The van der Waals surface area contributed by atoms with E-state index in [-0.39, 0.29) is 11.7 Å². The second-order valence-corrected chi connectivity index (χ2v) is 5.45. The number of thioether (sulfide) groups is 1. The lowest BCUT2D eigenvalue weighted by Gasteiger charge is -2.26. The normalized spacial score (nSPS) is 14.6. The van der Waals surface area contributed by atoms with Gasteiger partial charge in [-0.1, -0.05) is 0 Å². The van der Waals surface area contributed by atoms with Gasteiger partial charge in [0.2, 0.25) is 5.91 Å². The molecule has 0 saturated carbocycles. The smallest absolute Gasteiger partial charge is 0.227 e. The molecule has 0 unspecified atom stereocenters. The maximum absolute atomic E-state index is 11.9. The van der Waals surface area contributed by atoms with Gasteiger partial charge in [-0.15, -0.1) is 0 Å². The average molecular weight is 263 g/mol. The molecule has 1 aromatic carbocycles. The van der Waals surface area contributed by atoms with Gasteiger partial charge in [0.25, 0.3) is 0 Å². The van der Waals surface area contributed by atoms with E-state index < -0.39 is 0 Å². The zero-order chi connectivity index (χ0) is 13.1. The second kappa shape index (κ2) is 5.57. The summed E-state index contributed by atoms with van der Waals surface area (Å²) in [7, 11) is 1.79. The molecule has 0 aromatic heterocycles. The van der Waals surface area contributed by atoms with Gasteiger partial charge < -0.3 is 4.90 Å². The predicted octanol–water partition coefficient (Wildman–Crippen LogP) is 2.53. The minimum absolute atomic E-state index is 0.143. The van der Waals surface area contributed by atoms with Crippen LogP contribution in [-0.2, 0) is 11.2 Å². The zero-order valence-corrected chi connectivity index (χ0v) is 11.5. The molecule has 1 aliphatic rings. The first-order valence-electron chi connectivity index (χ1n) is 6.05. The third-order valence-electron chi connectivity index (χ3n) is 3.28. The van der Waals surface area contributed by atoms with Crippen LogP contribution in [-0.4, -0.2) is 30.7 Å². The summed E-state index contributed by atoms with van der Waals surface area (Å²) in [5.74, 6) is 1.18. The standard InChI is InChI=1S/C14H17NO2S/c1-15-12-5-3-11(13(16)7-8-18-2)9-10(12)4-6-14(15)17/h3,5,9H,4,6-8H2,1-2H3. The number of carbonyl (C=O) groups excluding carboxylic acids is 2. The van der Waals surface area contributed by atoms with E-state index in [0.717, 1.165) is 29.0 Å². The molecule has 3 nitrogen and oxygen atoms in total. The van der Waals surface area contributed by atoms with E-state index in [4.69, 9.17) is 0 Å². The monoisotopic (exact) mass is 263 g/mol. The van der Waals surface area contributed by atoms with Crippen molar-refractivity contribution in [2.75, 3.05) is 24.0 Å². The molecule has 0 radical (unpaired) electrons. The average Bonchev–Trinajstić information content (AvgIpc) is 2.40. The first-order chi connectivity index (χ1) is 8.63. The summed E-state index contributed by atoms with van der Waals surface area (Å²) in [5.41, 5.74) is 2.81. The van der Waals surface area contributed by atoms with Gasteiger partial charge in [-0.3, -0.25) is 9.59 Å². The lowest BCUT2D eigenvalue weighted by molar-refractivity contribution is -0.118. The molecule has 1 aromatic rings. The lowest BCUT2D eigenvalue weighted by atomic mass is 9.97. The quantitative estimate of drug-likeness (QED) is 0.783. The Balaban J connectivity index is 2.22. The van der Waals surface area contributed by atoms with Crippen LogP contribution in [0.3, 0.4) is 0 Å². The molecule has 1 aliphatic heterocycles. The van der Waals surface area contributed by atoms with Crippen molar-refractivity contribution < 1.29 is 9.59 Å². The molecular formula is C14H17NO2S. The van der Waals surface area contributed by atoms with Crippen LogP contribution in [0, 0.1) is 0 Å². The number of fused-ring (bicyclic) bond motifs is 1. The molecule has 0 fully saturated rings. The molecule has 4 heteroatoms. The highest BCUT2D eigenvalue weighted by molar-refractivity contribution is 7.98. The number of anilines is 1. The highest BCUT2D eigenvalue weighted by Gasteiger charge is 2.21. The number of Topliss-reactive ketones (excluding diaryl/α,β-unsaturated/α-hetero) is 1. The maximum Gasteiger partial charge on any atom is 0.227 e. The first kappa shape index (κ1) is 13.1. The fraction of sp³-hybridized carbons (Fsp3) is 0.429. The van der Waals surface area contributed by atoms with Crippen LogP contribution >= 0.6 is 11.8 Å². The van der Waals surface area contributed by atoms with Crippen molar-refractivity contribution in [2.24, 2.45) is 0 Å². The molecule has 0 N–H and O–H groups in total. The van der Waals surface area contributed by atoms with Crippen molar-refractivity contribution in [1.82, 2.24) is 0 Å². The molecule has 18 heavy (non-hydrogen) atoms. The number of hydrogen-bond donors (Lipinski definition) is 0. The number of rotatable bonds is 4. The van der Waals surface area contributed by atoms with E-state index in [0.29, 0.717) is 12.8 Å². The second-order valence-electron chi connectivity index (χ2n) is 4.46. The van der Waals surface area contributed by atoms with Gasteiger partial charge in [0.1, 0.15) is 0 Å². The third-order valence-corrected chi connectivity index (χ3v) is 3.89. The van der Waals surface area contributed by atoms with Gasteiger partial charge in [-0.25, -0.2) is 0 Å². The van der Waals surface area contributed by atoms with Crippen LogP contribution in [0.2, 0.25) is 0 Å². The molecule has 0 atom stereocenters. The zero-order valence-electron chi connectivity index (χ0n) is 10.7. The van der Waals surface area contributed by atoms with Gasteiger partial charge in [0.15, 0.2) is 5.78 Å². The van der Waals surface area contributed by atoms with Gasteiger partial charge in [0.05, 0.1) is 0 Å². The van der Waals surface area contributed by atoms with Gasteiger partial charge in [-0.05, 0) is 36.4 Å². The van der Waals surface area contributed by atoms with Crippen molar-refractivity contribution in [3.8, 4) is 0 Å². The van der Waals surface area contributed by atoms with Crippen molar-refractivity contribution in [1.29, 1.82) is 0 Å². The number of nitrogens with zero attached hydrogens (tertiary/aromatic N) is 1. The third kappa shape index (κ3) is 2.58. The predicted molar refractivity (Wildman–Crippen MR) is 75.5 cm³/mol. The highest BCUT2D eigenvalue weighted by atomic mass is 32.2. The summed E-state index contributed by atoms with van der Waals surface area (Å²) in [6.45, 7) is 0. The van der Waals surface area contributed by atoms with Crippen LogP contribution in [0.25, 0.3) is 0 Å². The number of amides is 1. The molecule has 0 aliphatic carbocycles.